The number of thioether (sulfide) groups is 1. The highest BCUT2D eigenvalue weighted by atomic mass is 35.5. The molecule has 0 radical (unpaired) electrons. The Morgan fingerprint density at radius 1 is 1.16 bits per heavy atom. The topological polar surface area (TPSA) is 38.3 Å². The van der Waals surface area contributed by atoms with E-state index >= 15 is 0 Å². The summed E-state index contributed by atoms with van der Waals surface area (Å²) in [6.07, 6.45) is 1.65. The van der Waals surface area contributed by atoms with Gasteiger partial charge in [0.2, 0.25) is 0 Å². The third kappa shape index (κ3) is 4.49. The maximum Gasteiger partial charge on any atom is 0.263 e. The van der Waals surface area contributed by atoms with Crippen molar-refractivity contribution in [2.45, 2.75) is 6.61 Å². The summed E-state index contributed by atoms with van der Waals surface area (Å²) < 4.78 is 6.27. The summed E-state index contributed by atoms with van der Waals surface area (Å²) in [5, 5.41) is 3.95. The van der Waals surface area contributed by atoms with E-state index in [4.69, 9.17) is 51.8 Å². The van der Waals surface area contributed by atoms with Gasteiger partial charge in [-0.25, -0.2) is 0 Å². The molecular formula is C17H10Cl3NO2S2. The van der Waals surface area contributed by atoms with Crippen molar-refractivity contribution in [3.05, 3.63) is 67.5 Å². The molecule has 0 atom stereocenters. The zero-order valence-electron chi connectivity index (χ0n) is 12.5. The monoisotopic (exact) mass is 429 g/mol. The number of halogens is 3. The van der Waals surface area contributed by atoms with Crippen LogP contribution in [0.4, 0.5) is 0 Å². The lowest BCUT2D eigenvalue weighted by Crippen LogP contribution is -2.17. The van der Waals surface area contributed by atoms with Crippen molar-refractivity contribution in [3.8, 4) is 5.75 Å². The highest BCUT2D eigenvalue weighted by molar-refractivity contribution is 8.26. The maximum atomic E-state index is 11.9. The van der Waals surface area contributed by atoms with Gasteiger partial charge in [-0.05, 0) is 24.3 Å². The number of carbonyl (C=O) groups is 1. The average Bonchev–Trinajstić information content (AvgIpc) is 2.85. The molecule has 0 unspecified atom stereocenters. The Balaban J connectivity index is 1.93. The fraction of sp³-hybridized carbons (Fsp3) is 0.0588. The van der Waals surface area contributed by atoms with E-state index in [1.54, 1.807) is 24.3 Å². The number of rotatable bonds is 4. The largest absolute Gasteiger partial charge is 0.487 e. The van der Waals surface area contributed by atoms with Gasteiger partial charge in [0.15, 0.2) is 0 Å². The van der Waals surface area contributed by atoms with Crippen LogP contribution in [0.25, 0.3) is 6.08 Å². The molecule has 0 aliphatic carbocycles. The first kappa shape index (κ1) is 18.5. The van der Waals surface area contributed by atoms with E-state index in [9.17, 15) is 4.79 Å². The highest BCUT2D eigenvalue weighted by Gasteiger charge is 2.23. The summed E-state index contributed by atoms with van der Waals surface area (Å²) >= 11 is 24.7. The first-order valence-corrected chi connectivity index (χ1v) is 9.40. The molecule has 1 heterocycles. The number of carbonyl (C=O) groups excluding carboxylic acids is 1. The second kappa shape index (κ2) is 7.98. The zero-order valence-corrected chi connectivity index (χ0v) is 16.4. The number of nitrogens with one attached hydrogen (secondary N) is 1. The second-order valence-electron chi connectivity index (χ2n) is 5.04. The predicted octanol–water partition coefficient (Wildman–Crippen LogP) is 5.71. The van der Waals surface area contributed by atoms with Crippen molar-refractivity contribution in [1.29, 1.82) is 0 Å². The Bertz CT molecular complexity index is 899. The summed E-state index contributed by atoms with van der Waals surface area (Å²) in [7, 11) is 0. The fourth-order valence-corrected chi connectivity index (χ4v) is 3.96. The van der Waals surface area contributed by atoms with Gasteiger partial charge in [-0.1, -0.05) is 77.0 Å². The summed E-state index contributed by atoms with van der Waals surface area (Å²) in [5.41, 5.74) is 1.41. The van der Waals surface area contributed by atoms with Crippen molar-refractivity contribution in [2.75, 3.05) is 0 Å². The van der Waals surface area contributed by atoms with E-state index in [0.717, 1.165) is 5.56 Å². The molecule has 0 aromatic heterocycles. The third-order valence-corrected chi connectivity index (χ3v) is 5.33. The van der Waals surface area contributed by atoms with Gasteiger partial charge in [-0.3, -0.25) is 4.79 Å². The molecule has 0 spiro atoms. The van der Waals surface area contributed by atoms with E-state index in [2.05, 4.69) is 5.32 Å². The Kier molecular flexibility index (Phi) is 5.92. The molecular weight excluding hydrogens is 421 g/mol. The molecule has 2 aromatic rings. The minimum absolute atomic E-state index is 0.231. The van der Waals surface area contributed by atoms with Gasteiger partial charge < -0.3 is 10.1 Å². The van der Waals surface area contributed by atoms with Crippen molar-refractivity contribution >= 4 is 75.1 Å². The van der Waals surface area contributed by atoms with Crippen molar-refractivity contribution in [3.63, 3.8) is 0 Å². The molecule has 1 saturated heterocycles. The minimum atomic E-state index is -0.261. The zero-order chi connectivity index (χ0) is 18.0. The first-order valence-electron chi connectivity index (χ1n) is 7.04. The van der Waals surface area contributed by atoms with Gasteiger partial charge in [0.25, 0.3) is 5.91 Å². The van der Waals surface area contributed by atoms with E-state index in [0.29, 0.717) is 35.6 Å². The van der Waals surface area contributed by atoms with Gasteiger partial charge in [-0.15, -0.1) is 0 Å². The van der Waals surface area contributed by atoms with Crippen LogP contribution in [0.1, 0.15) is 11.1 Å². The van der Waals surface area contributed by atoms with Crippen LogP contribution in [0.2, 0.25) is 15.1 Å². The van der Waals surface area contributed by atoms with Crippen molar-refractivity contribution < 1.29 is 9.53 Å². The van der Waals surface area contributed by atoms with Crippen LogP contribution < -0.4 is 10.1 Å². The van der Waals surface area contributed by atoms with Crippen LogP contribution in [0.15, 0.2) is 41.3 Å². The second-order valence-corrected chi connectivity index (χ2v) is 8.01. The molecule has 0 bridgehead atoms. The average molecular weight is 431 g/mol. The van der Waals surface area contributed by atoms with E-state index in [1.165, 1.54) is 11.8 Å². The van der Waals surface area contributed by atoms with Crippen LogP contribution >= 0.6 is 58.8 Å². The quantitative estimate of drug-likeness (QED) is 0.498. The smallest absolute Gasteiger partial charge is 0.263 e. The lowest BCUT2D eigenvalue weighted by atomic mass is 10.1. The van der Waals surface area contributed by atoms with E-state index < -0.39 is 0 Å². The molecule has 2 aromatic carbocycles. The minimum Gasteiger partial charge on any atom is -0.487 e. The van der Waals surface area contributed by atoms with Crippen molar-refractivity contribution in [2.24, 2.45) is 0 Å². The number of hydrogen-bond acceptors (Lipinski definition) is 4. The number of hydrogen-bond donors (Lipinski definition) is 1. The van der Waals surface area contributed by atoms with Gasteiger partial charge in [0.05, 0.1) is 9.93 Å². The normalized spacial score (nSPS) is 15.6. The Morgan fingerprint density at radius 2 is 1.92 bits per heavy atom. The highest BCUT2D eigenvalue weighted by Crippen LogP contribution is 2.37. The number of benzene rings is 2. The van der Waals surface area contributed by atoms with Gasteiger partial charge in [0, 0.05) is 21.2 Å². The summed E-state index contributed by atoms with van der Waals surface area (Å²) in [5.74, 6) is 0.160. The number of amides is 1. The molecule has 1 aliphatic heterocycles. The molecule has 0 saturated carbocycles. The van der Waals surface area contributed by atoms with Gasteiger partial charge in [0.1, 0.15) is 16.7 Å². The van der Waals surface area contributed by atoms with Crippen LogP contribution in [-0.4, -0.2) is 10.2 Å². The molecule has 1 aliphatic rings. The molecule has 128 valence electrons. The molecule has 8 heteroatoms. The predicted molar refractivity (Wildman–Crippen MR) is 109 cm³/mol. The molecule has 25 heavy (non-hydrogen) atoms. The van der Waals surface area contributed by atoms with Crippen LogP contribution in [-0.2, 0) is 11.4 Å². The summed E-state index contributed by atoms with van der Waals surface area (Å²) in [6, 6.07) is 10.6. The fourth-order valence-electron chi connectivity index (χ4n) is 2.17. The number of ether oxygens (including phenoxy) is 1. The number of thiocarbonyl (C=S) groups is 1. The van der Waals surface area contributed by atoms with Gasteiger partial charge in [-0.2, -0.15) is 0 Å². The van der Waals surface area contributed by atoms with E-state index in [1.807, 2.05) is 18.2 Å². The maximum absolute atomic E-state index is 11.9. The Labute approximate surface area is 169 Å². The molecule has 1 N–H and O–H groups in total. The Morgan fingerprint density at radius 3 is 2.60 bits per heavy atom. The SMILES string of the molecule is O=C1NC(=S)SC1=Cc1cc(Cl)cc(Cl)c1OCc1ccccc1Cl. The molecule has 1 fully saturated rings. The standard InChI is InChI=1S/C17H10Cl3NO2S2/c18-11-5-10(6-14-16(22)21-17(24)25-14)15(13(20)7-11)23-8-9-3-1-2-4-12(9)19/h1-7H,8H2,(H,21,22,24). The lowest BCUT2D eigenvalue weighted by molar-refractivity contribution is -0.115. The van der Waals surface area contributed by atoms with Crippen molar-refractivity contribution in [1.82, 2.24) is 5.32 Å². The lowest BCUT2D eigenvalue weighted by Gasteiger charge is -2.13. The van der Waals surface area contributed by atoms with Crippen LogP contribution in [0.3, 0.4) is 0 Å². The molecule has 3 nitrogen and oxygen atoms in total. The van der Waals surface area contributed by atoms with Gasteiger partial charge >= 0.3 is 0 Å². The molecule has 3 rings (SSSR count). The summed E-state index contributed by atoms with van der Waals surface area (Å²) in [6.45, 7) is 0.231. The first-order chi connectivity index (χ1) is 11.9. The molecule has 1 amide bonds. The van der Waals surface area contributed by atoms with Crippen LogP contribution in [0, 0.1) is 0 Å². The van der Waals surface area contributed by atoms with Crippen LogP contribution in [0.5, 0.6) is 5.75 Å². The summed E-state index contributed by atoms with van der Waals surface area (Å²) in [4.78, 5) is 12.3. The third-order valence-electron chi connectivity index (χ3n) is 3.30. The van der Waals surface area contributed by atoms with E-state index in [-0.39, 0.29) is 12.5 Å². The Hall–Kier alpha value is -1.24.